The van der Waals surface area contributed by atoms with Crippen LogP contribution in [-0.2, 0) is 4.79 Å². The van der Waals surface area contributed by atoms with Crippen molar-refractivity contribution in [3.63, 3.8) is 0 Å². The molecule has 0 bridgehead atoms. The average Bonchev–Trinajstić information content (AvgIpc) is 2.38. The molecule has 2 N–H and O–H groups in total. The zero-order valence-electron chi connectivity index (χ0n) is 10.7. The first-order valence-electron chi connectivity index (χ1n) is 5.88. The predicted molar refractivity (Wildman–Crippen MR) is 73.1 cm³/mol. The highest BCUT2D eigenvalue weighted by atomic mass is 19.1. The quantitative estimate of drug-likeness (QED) is 0.902. The van der Waals surface area contributed by atoms with Crippen LogP contribution in [0.1, 0.15) is 17.3 Å². The molecule has 4 nitrogen and oxygen atoms in total. The molecule has 0 aliphatic rings. The molecule has 1 amide bonds. The van der Waals surface area contributed by atoms with E-state index in [-0.39, 0.29) is 17.2 Å². The van der Waals surface area contributed by atoms with Crippen molar-refractivity contribution < 1.29 is 19.1 Å². The van der Waals surface area contributed by atoms with Crippen LogP contribution in [-0.4, -0.2) is 17.0 Å². The van der Waals surface area contributed by atoms with E-state index in [0.29, 0.717) is 11.1 Å². The van der Waals surface area contributed by atoms with Crippen molar-refractivity contribution in [2.75, 3.05) is 5.32 Å². The van der Waals surface area contributed by atoms with Crippen molar-refractivity contribution in [3.8, 4) is 11.1 Å². The fraction of sp³-hybridized carbons (Fsp3) is 0.0667. The van der Waals surface area contributed by atoms with Crippen LogP contribution in [0.2, 0.25) is 0 Å². The third kappa shape index (κ3) is 3.00. The van der Waals surface area contributed by atoms with Crippen molar-refractivity contribution >= 4 is 17.6 Å². The van der Waals surface area contributed by atoms with E-state index in [1.54, 1.807) is 18.2 Å². The number of hydrogen-bond donors (Lipinski definition) is 2. The molecule has 2 rings (SSSR count). The molecule has 2 aromatic rings. The van der Waals surface area contributed by atoms with Crippen molar-refractivity contribution in [1.29, 1.82) is 0 Å². The van der Waals surface area contributed by atoms with Gasteiger partial charge in [0.1, 0.15) is 5.82 Å². The Morgan fingerprint density at radius 1 is 1.10 bits per heavy atom. The van der Waals surface area contributed by atoms with E-state index in [1.165, 1.54) is 31.2 Å². The Balaban J connectivity index is 2.50. The van der Waals surface area contributed by atoms with Crippen molar-refractivity contribution in [2.24, 2.45) is 0 Å². The minimum absolute atomic E-state index is 0.0399. The summed E-state index contributed by atoms with van der Waals surface area (Å²) < 4.78 is 13.2. The first-order valence-corrected chi connectivity index (χ1v) is 5.88. The Kier molecular flexibility index (Phi) is 3.79. The molecule has 0 aromatic heterocycles. The third-order valence-electron chi connectivity index (χ3n) is 2.72. The summed E-state index contributed by atoms with van der Waals surface area (Å²) in [4.78, 5) is 22.3. The molecule has 0 unspecified atom stereocenters. The lowest BCUT2D eigenvalue weighted by atomic mass is 10.0. The number of anilines is 1. The second-order valence-electron chi connectivity index (χ2n) is 4.26. The number of aromatic carboxylic acids is 1. The second-order valence-corrected chi connectivity index (χ2v) is 4.26. The fourth-order valence-electron chi connectivity index (χ4n) is 1.87. The van der Waals surface area contributed by atoms with Gasteiger partial charge in [0.15, 0.2) is 0 Å². The third-order valence-corrected chi connectivity index (χ3v) is 2.72. The Morgan fingerprint density at radius 3 is 2.40 bits per heavy atom. The summed E-state index contributed by atoms with van der Waals surface area (Å²) >= 11 is 0. The number of carboxylic acids is 1. The van der Waals surface area contributed by atoms with Gasteiger partial charge in [0.25, 0.3) is 0 Å². The number of halogens is 1. The highest BCUT2D eigenvalue weighted by Gasteiger charge is 2.13. The zero-order valence-corrected chi connectivity index (χ0v) is 10.7. The number of carbonyl (C=O) groups is 2. The van der Waals surface area contributed by atoms with Gasteiger partial charge in [-0.1, -0.05) is 18.2 Å². The minimum Gasteiger partial charge on any atom is -0.478 e. The molecule has 0 aliphatic carbocycles. The van der Waals surface area contributed by atoms with E-state index in [9.17, 15) is 19.1 Å². The molecule has 0 saturated carbocycles. The summed E-state index contributed by atoms with van der Waals surface area (Å²) in [6, 6.07) is 10.4. The lowest BCUT2D eigenvalue weighted by Crippen LogP contribution is -2.10. The number of carbonyl (C=O) groups excluding carboxylic acids is 1. The number of amides is 1. The molecule has 0 radical (unpaired) electrons. The summed E-state index contributed by atoms with van der Waals surface area (Å²) in [5.41, 5.74) is 1.31. The van der Waals surface area contributed by atoms with Crippen molar-refractivity contribution in [3.05, 3.63) is 53.8 Å². The average molecular weight is 273 g/mol. The number of rotatable bonds is 3. The molecule has 0 fully saturated rings. The van der Waals surface area contributed by atoms with Gasteiger partial charge in [-0.05, 0) is 35.4 Å². The number of nitrogens with one attached hydrogen (secondary N) is 1. The van der Waals surface area contributed by atoms with Crippen LogP contribution in [0, 0.1) is 5.82 Å². The van der Waals surface area contributed by atoms with E-state index < -0.39 is 11.8 Å². The maximum Gasteiger partial charge on any atom is 0.337 e. The first-order chi connectivity index (χ1) is 9.47. The van der Waals surface area contributed by atoms with E-state index in [4.69, 9.17) is 0 Å². The predicted octanol–water partition coefficient (Wildman–Crippen LogP) is 3.15. The van der Waals surface area contributed by atoms with Crippen LogP contribution in [0.25, 0.3) is 11.1 Å². The second kappa shape index (κ2) is 5.52. The van der Waals surface area contributed by atoms with Gasteiger partial charge in [0, 0.05) is 6.92 Å². The van der Waals surface area contributed by atoms with Gasteiger partial charge in [-0.3, -0.25) is 4.79 Å². The lowest BCUT2D eigenvalue weighted by Gasteiger charge is -2.09. The molecule has 0 heterocycles. The Labute approximate surface area is 114 Å². The van der Waals surface area contributed by atoms with Crippen LogP contribution in [0.3, 0.4) is 0 Å². The molecule has 20 heavy (non-hydrogen) atoms. The van der Waals surface area contributed by atoms with Gasteiger partial charge in [0.2, 0.25) is 5.91 Å². The monoisotopic (exact) mass is 273 g/mol. The molecular weight excluding hydrogens is 261 g/mol. The maximum absolute atomic E-state index is 13.2. The van der Waals surface area contributed by atoms with Crippen molar-refractivity contribution in [2.45, 2.75) is 6.92 Å². The number of hydrogen-bond acceptors (Lipinski definition) is 2. The van der Waals surface area contributed by atoms with Gasteiger partial charge in [-0.15, -0.1) is 0 Å². The van der Waals surface area contributed by atoms with Gasteiger partial charge in [-0.25, -0.2) is 9.18 Å². The highest BCUT2D eigenvalue weighted by molar-refractivity contribution is 6.01. The van der Waals surface area contributed by atoms with E-state index in [0.717, 1.165) is 0 Å². The van der Waals surface area contributed by atoms with Gasteiger partial charge < -0.3 is 10.4 Å². The Bertz CT molecular complexity index is 683. The first kappa shape index (κ1) is 13.7. The Morgan fingerprint density at radius 2 is 1.80 bits per heavy atom. The summed E-state index contributed by atoms with van der Waals surface area (Å²) in [7, 11) is 0. The van der Waals surface area contributed by atoms with Gasteiger partial charge in [0.05, 0.1) is 11.3 Å². The SMILES string of the molecule is CC(=O)Nc1ccc(-c2cccc(F)c2)cc1C(=O)O. The van der Waals surface area contributed by atoms with Crippen molar-refractivity contribution in [1.82, 2.24) is 0 Å². The zero-order chi connectivity index (χ0) is 14.7. The summed E-state index contributed by atoms with van der Waals surface area (Å²) in [5.74, 6) is -1.91. The maximum atomic E-state index is 13.2. The van der Waals surface area contributed by atoms with Gasteiger partial charge >= 0.3 is 5.97 Å². The van der Waals surface area contributed by atoms with E-state index >= 15 is 0 Å². The van der Waals surface area contributed by atoms with Crippen LogP contribution in [0.15, 0.2) is 42.5 Å². The van der Waals surface area contributed by atoms with Crippen LogP contribution in [0.4, 0.5) is 10.1 Å². The smallest absolute Gasteiger partial charge is 0.337 e. The van der Waals surface area contributed by atoms with Crippen LogP contribution in [0.5, 0.6) is 0 Å². The molecule has 0 saturated heterocycles. The Hall–Kier alpha value is -2.69. The van der Waals surface area contributed by atoms with Crippen LogP contribution >= 0.6 is 0 Å². The fourth-order valence-corrected chi connectivity index (χ4v) is 1.87. The van der Waals surface area contributed by atoms with E-state index in [2.05, 4.69) is 5.32 Å². The summed E-state index contributed by atoms with van der Waals surface area (Å²) in [5, 5.41) is 11.6. The van der Waals surface area contributed by atoms with Crippen LogP contribution < -0.4 is 5.32 Å². The molecule has 0 spiro atoms. The normalized spacial score (nSPS) is 10.1. The molecule has 5 heteroatoms. The number of carboxylic acid groups (broad SMARTS) is 1. The molecule has 0 atom stereocenters. The molecule has 102 valence electrons. The molecular formula is C15H12FNO3. The van der Waals surface area contributed by atoms with Gasteiger partial charge in [-0.2, -0.15) is 0 Å². The minimum atomic E-state index is -1.16. The largest absolute Gasteiger partial charge is 0.478 e. The van der Waals surface area contributed by atoms with E-state index in [1.807, 2.05) is 0 Å². The molecule has 0 aliphatic heterocycles. The lowest BCUT2D eigenvalue weighted by molar-refractivity contribution is -0.114. The topological polar surface area (TPSA) is 66.4 Å². The summed E-state index contributed by atoms with van der Waals surface area (Å²) in [6.07, 6.45) is 0. The standard InChI is InChI=1S/C15H12FNO3/c1-9(18)17-14-6-5-11(8-13(14)15(19)20)10-3-2-4-12(16)7-10/h2-8H,1H3,(H,17,18)(H,19,20). The summed E-state index contributed by atoms with van der Waals surface area (Å²) in [6.45, 7) is 1.30. The molecule has 2 aromatic carbocycles. The number of benzene rings is 2. The highest BCUT2D eigenvalue weighted by Crippen LogP contribution is 2.26.